The number of aliphatic hydroxyl groups is 2. The number of ether oxygens (including phenoxy) is 1. The number of carbonyl (C=O) groups excluding carboxylic acids is 2. The van der Waals surface area contributed by atoms with E-state index in [1.54, 1.807) is 6.08 Å². The van der Waals surface area contributed by atoms with Gasteiger partial charge in [0.1, 0.15) is 0 Å². The van der Waals surface area contributed by atoms with Crippen LogP contribution in [0.15, 0.2) is 36.5 Å². The summed E-state index contributed by atoms with van der Waals surface area (Å²) in [5.74, 6) is -0.0463. The molecule has 0 saturated heterocycles. The highest BCUT2D eigenvalue weighted by molar-refractivity contribution is 5.76. The fourth-order valence-corrected chi connectivity index (χ4v) is 12.7. The normalized spacial score (nSPS) is 12.6. The van der Waals surface area contributed by atoms with E-state index in [0.717, 1.165) is 44.9 Å². The highest BCUT2D eigenvalue weighted by Gasteiger charge is 2.18. The van der Waals surface area contributed by atoms with Gasteiger partial charge in [0, 0.05) is 12.8 Å². The second kappa shape index (κ2) is 77.5. The Kier molecular flexibility index (Phi) is 75.8. The van der Waals surface area contributed by atoms with Crippen LogP contribution in [0.1, 0.15) is 450 Å². The van der Waals surface area contributed by atoms with E-state index in [1.807, 2.05) is 6.08 Å². The van der Waals surface area contributed by atoms with Crippen molar-refractivity contribution in [3.63, 3.8) is 0 Å². The lowest BCUT2D eigenvalue weighted by Crippen LogP contribution is -2.45. The third-order valence-electron chi connectivity index (χ3n) is 18.9. The van der Waals surface area contributed by atoms with Crippen LogP contribution in [0.4, 0.5) is 0 Å². The van der Waals surface area contributed by atoms with Crippen LogP contribution in [-0.4, -0.2) is 47.4 Å². The molecule has 2 unspecified atom stereocenters. The predicted octanol–water partition coefficient (Wildman–Crippen LogP) is 26.6. The van der Waals surface area contributed by atoms with Crippen molar-refractivity contribution in [3.05, 3.63) is 36.5 Å². The molecule has 2 atom stereocenters. The Morgan fingerprint density at radius 1 is 0.307 bits per heavy atom. The smallest absolute Gasteiger partial charge is 0.305 e. The number of rotatable bonds is 76. The third-order valence-corrected chi connectivity index (χ3v) is 18.9. The first-order chi connectivity index (χ1) is 43.5. The van der Waals surface area contributed by atoms with Gasteiger partial charge in [-0.3, -0.25) is 9.59 Å². The van der Waals surface area contributed by atoms with Crippen LogP contribution in [0.5, 0.6) is 0 Å². The molecule has 0 aliphatic carbocycles. The molecule has 0 aromatic rings. The van der Waals surface area contributed by atoms with Crippen molar-refractivity contribution in [3.8, 4) is 0 Å². The predicted molar refractivity (Wildman–Crippen MR) is 389 cm³/mol. The van der Waals surface area contributed by atoms with E-state index in [9.17, 15) is 19.8 Å². The zero-order chi connectivity index (χ0) is 63.5. The number of hydrogen-bond acceptors (Lipinski definition) is 5. The number of aliphatic hydroxyl groups excluding tert-OH is 2. The van der Waals surface area contributed by atoms with Gasteiger partial charge in [-0.1, -0.05) is 391 Å². The Morgan fingerprint density at radius 3 is 0.807 bits per heavy atom. The molecule has 0 aromatic heterocycles. The van der Waals surface area contributed by atoms with E-state index in [2.05, 4.69) is 43.5 Å². The lowest BCUT2D eigenvalue weighted by Gasteiger charge is -2.20. The van der Waals surface area contributed by atoms with E-state index in [4.69, 9.17) is 4.74 Å². The summed E-state index contributed by atoms with van der Waals surface area (Å²) in [6.45, 7) is 4.94. The molecule has 1 amide bonds. The molecule has 0 fully saturated rings. The van der Waals surface area contributed by atoms with Gasteiger partial charge in [0.2, 0.25) is 5.91 Å². The molecule has 0 heterocycles. The maximum absolute atomic E-state index is 12.5. The molecular weight excluding hydrogens is 1080 g/mol. The minimum Gasteiger partial charge on any atom is -0.466 e. The maximum Gasteiger partial charge on any atom is 0.305 e. The molecule has 0 bridgehead atoms. The standard InChI is InChI=1S/C82H157NO5/c1-3-5-7-9-11-13-15-17-19-20-21-41-44-47-50-54-58-62-66-70-74-80(85)79(78-84)83-81(86)75-71-67-63-59-55-51-48-45-42-39-37-35-33-31-29-27-25-23-22-24-26-28-30-32-34-36-38-40-43-46-49-53-57-61-65-69-73-77-88-82(87)76-72-68-64-60-56-52-18-16-14-12-10-8-6-4-2/h16,18,22,24,70,74,79-80,84-85H,3-15,17,19-21,23,25-69,71-73,75-78H2,1-2H3,(H,83,86)/b18-16-,24-22-,74-70+. The van der Waals surface area contributed by atoms with E-state index >= 15 is 0 Å². The molecule has 0 saturated carbocycles. The van der Waals surface area contributed by atoms with Crippen LogP contribution in [0, 0.1) is 0 Å². The quantitative estimate of drug-likeness (QED) is 0.0320. The van der Waals surface area contributed by atoms with E-state index < -0.39 is 12.1 Å². The Labute approximate surface area is 551 Å². The van der Waals surface area contributed by atoms with Gasteiger partial charge in [-0.25, -0.2) is 0 Å². The summed E-state index contributed by atoms with van der Waals surface area (Å²) in [7, 11) is 0. The van der Waals surface area contributed by atoms with Crippen molar-refractivity contribution in [1.82, 2.24) is 5.32 Å². The first-order valence-electron chi connectivity index (χ1n) is 40.3. The number of esters is 1. The molecular formula is C82H157NO5. The summed E-state index contributed by atoms with van der Waals surface area (Å²) >= 11 is 0. The van der Waals surface area contributed by atoms with E-state index in [1.165, 1.54) is 379 Å². The first-order valence-corrected chi connectivity index (χ1v) is 40.3. The average molecular weight is 1240 g/mol. The number of nitrogens with one attached hydrogen (secondary N) is 1. The fraction of sp³-hybridized carbons (Fsp3) is 0.902. The first kappa shape index (κ1) is 86.1. The van der Waals surface area contributed by atoms with Gasteiger partial charge in [-0.2, -0.15) is 0 Å². The van der Waals surface area contributed by atoms with Gasteiger partial charge in [0.15, 0.2) is 0 Å². The van der Waals surface area contributed by atoms with E-state index in [0.29, 0.717) is 19.4 Å². The lowest BCUT2D eigenvalue weighted by molar-refractivity contribution is -0.143. The van der Waals surface area contributed by atoms with Gasteiger partial charge in [0.25, 0.3) is 0 Å². The lowest BCUT2D eigenvalue weighted by atomic mass is 10.0. The van der Waals surface area contributed by atoms with Gasteiger partial charge in [-0.15, -0.1) is 0 Å². The van der Waals surface area contributed by atoms with Crippen LogP contribution >= 0.6 is 0 Å². The van der Waals surface area contributed by atoms with Crippen molar-refractivity contribution in [1.29, 1.82) is 0 Å². The number of carbonyl (C=O) groups is 2. The molecule has 520 valence electrons. The van der Waals surface area contributed by atoms with Gasteiger partial charge in [0.05, 0.1) is 25.4 Å². The van der Waals surface area contributed by atoms with Crippen LogP contribution in [0.25, 0.3) is 0 Å². The highest BCUT2D eigenvalue weighted by atomic mass is 16.5. The van der Waals surface area contributed by atoms with Gasteiger partial charge >= 0.3 is 5.97 Å². The fourth-order valence-electron chi connectivity index (χ4n) is 12.7. The van der Waals surface area contributed by atoms with E-state index in [-0.39, 0.29) is 18.5 Å². The Hall–Kier alpha value is -1.92. The number of amides is 1. The molecule has 0 aliphatic rings. The zero-order valence-corrected chi connectivity index (χ0v) is 59.7. The second-order valence-electron chi connectivity index (χ2n) is 27.7. The minimum atomic E-state index is -0.843. The van der Waals surface area contributed by atoms with Crippen molar-refractivity contribution in [2.45, 2.75) is 463 Å². The molecule has 6 nitrogen and oxygen atoms in total. The highest BCUT2D eigenvalue weighted by Crippen LogP contribution is 2.20. The largest absolute Gasteiger partial charge is 0.466 e. The van der Waals surface area contributed by atoms with Crippen LogP contribution < -0.4 is 5.32 Å². The number of unbranched alkanes of at least 4 members (excludes halogenated alkanes) is 61. The molecule has 6 heteroatoms. The Morgan fingerprint density at radius 2 is 0.534 bits per heavy atom. The van der Waals surface area contributed by atoms with Crippen LogP contribution in [0.3, 0.4) is 0 Å². The average Bonchev–Trinajstić information content (AvgIpc) is 3.58. The third kappa shape index (κ3) is 73.1. The van der Waals surface area contributed by atoms with Gasteiger partial charge in [-0.05, 0) is 83.5 Å². The Balaban J connectivity index is 3.35. The Bertz CT molecular complexity index is 1430. The topological polar surface area (TPSA) is 95.9 Å². The molecule has 3 N–H and O–H groups in total. The summed E-state index contributed by atoms with van der Waals surface area (Å²) in [4.78, 5) is 24.6. The SMILES string of the molecule is CCCCCCC/C=C\CCCCCCCC(=O)OCCCCCCCCCCCCCCCCCC/C=C\CCCCCCCCCCCCCCCCCCCC(=O)NC(CO)C(O)/C=C/CCCCCCCCCCCCCCCCCCCC. The molecule has 0 radical (unpaired) electrons. The number of allylic oxidation sites excluding steroid dienone is 5. The second-order valence-corrected chi connectivity index (χ2v) is 27.7. The van der Waals surface area contributed by atoms with Crippen LogP contribution in [0.2, 0.25) is 0 Å². The molecule has 0 aromatic carbocycles. The van der Waals surface area contributed by atoms with Crippen molar-refractivity contribution >= 4 is 11.9 Å². The molecule has 0 aliphatic heterocycles. The molecule has 88 heavy (non-hydrogen) atoms. The number of hydrogen-bond donors (Lipinski definition) is 3. The molecule has 0 spiro atoms. The summed E-state index contributed by atoms with van der Waals surface area (Å²) in [5.41, 5.74) is 0. The van der Waals surface area contributed by atoms with Gasteiger partial charge < -0.3 is 20.3 Å². The summed E-state index contributed by atoms with van der Waals surface area (Å²) in [5, 5.41) is 23.3. The monoisotopic (exact) mass is 1240 g/mol. The van der Waals surface area contributed by atoms with Crippen molar-refractivity contribution in [2.75, 3.05) is 13.2 Å². The zero-order valence-electron chi connectivity index (χ0n) is 59.7. The van der Waals surface area contributed by atoms with Crippen molar-refractivity contribution in [2.24, 2.45) is 0 Å². The van der Waals surface area contributed by atoms with Crippen LogP contribution in [-0.2, 0) is 14.3 Å². The maximum atomic E-state index is 12.5. The summed E-state index contributed by atoms with van der Waals surface area (Å²) < 4.78 is 5.49. The van der Waals surface area contributed by atoms with Crippen molar-refractivity contribution < 1.29 is 24.5 Å². The summed E-state index contributed by atoms with van der Waals surface area (Å²) in [6, 6.07) is -0.626. The molecule has 0 rings (SSSR count). The minimum absolute atomic E-state index is 0.0133. The summed E-state index contributed by atoms with van der Waals surface area (Å²) in [6.07, 6.45) is 101.